The number of rotatable bonds is 6. The van der Waals surface area contributed by atoms with Crippen molar-refractivity contribution in [1.29, 1.82) is 0 Å². The fourth-order valence-corrected chi connectivity index (χ4v) is 2.77. The van der Waals surface area contributed by atoms with Gasteiger partial charge in [0.25, 0.3) is 0 Å². The van der Waals surface area contributed by atoms with Crippen LogP contribution >= 0.6 is 11.3 Å². The topological polar surface area (TPSA) is 52.6 Å². The van der Waals surface area contributed by atoms with E-state index in [0.29, 0.717) is 17.2 Å². The van der Waals surface area contributed by atoms with Gasteiger partial charge in [-0.25, -0.2) is 4.98 Å². The molecule has 0 spiro atoms. The highest BCUT2D eigenvalue weighted by Crippen LogP contribution is 2.40. The summed E-state index contributed by atoms with van der Waals surface area (Å²) < 4.78 is 16.0. The molecular formula is C15H20N2O3S. The number of hydrogen-bond acceptors (Lipinski definition) is 6. The molecule has 0 bridgehead atoms. The predicted octanol–water partition coefficient (Wildman–Crippen LogP) is 3.65. The van der Waals surface area contributed by atoms with Crippen molar-refractivity contribution in [1.82, 2.24) is 4.98 Å². The van der Waals surface area contributed by atoms with Gasteiger partial charge in [0.15, 0.2) is 11.5 Å². The van der Waals surface area contributed by atoms with E-state index in [9.17, 15) is 0 Å². The molecule has 0 saturated carbocycles. The average molecular weight is 308 g/mol. The first-order valence-electron chi connectivity index (χ1n) is 6.57. The minimum absolute atomic E-state index is 0.0951. The number of aromatic nitrogens is 1. The molecule has 0 amide bonds. The van der Waals surface area contributed by atoms with Gasteiger partial charge in [-0.05, 0) is 13.8 Å². The number of nitrogens with zero attached hydrogens (tertiary/aromatic N) is 1. The molecule has 2 rings (SSSR count). The van der Waals surface area contributed by atoms with E-state index in [2.05, 4.69) is 22.6 Å². The SMILES string of the molecule is COc1cc(NC(C)c2csc(C)n2)cc(OC)c1OC. The van der Waals surface area contributed by atoms with Gasteiger partial charge in [0.1, 0.15) is 0 Å². The minimum atomic E-state index is 0.0951. The maximum atomic E-state index is 5.35. The van der Waals surface area contributed by atoms with Gasteiger partial charge in [0.05, 0.1) is 38.1 Å². The number of anilines is 1. The summed E-state index contributed by atoms with van der Waals surface area (Å²) in [5.41, 5.74) is 1.91. The Bertz CT molecular complexity index is 588. The van der Waals surface area contributed by atoms with Gasteiger partial charge in [0.2, 0.25) is 5.75 Å². The number of benzene rings is 1. The molecule has 6 heteroatoms. The maximum absolute atomic E-state index is 5.35. The van der Waals surface area contributed by atoms with Crippen LogP contribution in [0.5, 0.6) is 17.2 Å². The zero-order valence-corrected chi connectivity index (χ0v) is 13.7. The van der Waals surface area contributed by atoms with Crippen LogP contribution in [0.15, 0.2) is 17.5 Å². The Morgan fingerprint density at radius 3 is 2.14 bits per heavy atom. The summed E-state index contributed by atoms with van der Waals surface area (Å²) in [5.74, 6) is 1.84. The number of nitrogens with one attached hydrogen (secondary N) is 1. The predicted molar refractivity (Wildman–Crippen MR) is 85.0 cm³/mol. The maximum Gasteiger partial charge on any atom is 0.203 e. The van der Waals surface area contributed by atoms with E-state index < -0.39 is 0 Å². The summed E-state index contributed by atoms with van der Waals surface area (Å²) >= 11 is 1.64. The molecule has 1 heterocycles. The second-order valence-electron chi connectivity index (χ2n) is 4.57. The van der Waals surface area contributed by atoms with Gasteiger partial charge < -0.3 is 19.5 Å². The van der Waals surface area contributed by atoms with E-state index in [4.69, 9.17) is 14.2 Å². The first-order valence-corrected chi connectivity index (χ1v) is 7.45. The lowest BCUT2D eigenvalue weighted by Gasteiger charge is -2.17. The van der Waals surface area contributed by atoms with E-state index >= 15 is 0 Å². The molecule has 0 fully saturated rings. The molecule has 1 N–H and O–H groups in total. The lowest BCUT2D eigenvalue weighted by atomic mass is 10.2. The molecule has 0 saturated heterocycles. The fourth-order valence-electron chi connectivity index (χ4n) is 2.07. The van der Waals surface area contributed by atoms with Gasteiger partial charge in [-0.15, -0.1) is 11.3 Å². The average Bonchev–Trinajstić information content (AvgIpc) is 2.92. The van der Waals surface area contributed by atoms with Crippen LogP contribution in [0.1, 0.15) is 23.7 Å². The van der Waals surface area contributed by atoms with Crippen LogP contribution in [0.3, 0.4) is 0 Å². The third-order valence-electron chi connectivity index (χ3n) is 3.13. The standard InChI is InChI=1S/C15H20N2O3S/c1-9(12-8-21-10(2)17-12)16-11-6-13(18-3)15(20-5)14(7-11)19-4/h6-9,16H,1-5H3. The Balaban J connectivity index is 2.27. The zero-order chi connectivity index (χ0) is 15.4. The van der Waals surface area contributed by atoms with E-state index in [1.54, 1.807) is 32.7 Å². The van der Waals surface area contributed by atoms with Gasteiger partial charge in [-0.1, -0.05) is 0 Å². The van der Waals surface area contributed by atoms with E-state index in [-0.39, 0.29) is 6.04 Å². The summed E-state index contributed by atoms with van der Waals surface area (Å²) in [5, 5.41) is 6.52. The number of methoxy groups -OCH3 is 3. The van der Waals surface area contributed by atoms with Crippen LogP contribution in [-0.4, -0.2) is 26.3 Å². The highest BCUT2D eigenvalue weighted by atomic mass is 32.1. The molecule has 5 nitrogen and oxygen atoms in total. The highest BCUT2D eigenvalue weighted by Gasteiger charge is 2.15. The van der Waals surface area contributed by atoms with E-state index in [1.807, 2.05) is 19.1 Å². The minimum Gasteiger partial charge on any atom is -0.493 e. The molecule has 1 aromatic carbocycles. The Morgan fingerprint density at radius 1 is 1.10 bits per heavy atom. The lowest BCUT2D eigenvalue weighted by molar-refractivity contribution is 0.324. The molecule has 1 unspecified atom stereocenters. The fraction of sp³-hybridized carbons (Fsp3) is 0.400. The van der Waals surface area contributed by atoms with Gasteiger partial charge in [-0.2, -0.15) is 0 Å². The number of ether oxygens (including phenoxy) is 3. The van der Waals surface area contributed by atoms with Crippen molar-refractivity contribution < 1.29 is 14.2 Å². The summed E-state index contributed by atoms with van der Waals surface area (Å²) in [6.45, 7) is 4.07. The quantitative estimate of drug-likeness (QED) is 0.882. The van der Waals surface area contributed by atoms with Crippen molar-refractivity contribution in [2.45, 2.75) is 19.9 Å². The van der Waals surface area contributed by atoms with Crippen molar-refractivity contribution in [3.8, 4) is 17.2 Å². The Morgan fingerprint density at radius 2 is 1.71 bits per heavy atom. The largest absolute Gasteiger partial charge is 0.493 e. The summed E-state index contributed by atoms with van der Waals surface area (Å²) in [7, 11) is 4.80. The summed E-state index contributed by atoms with van der Waals surface area (Å²) in [6.07, 6.45) is 0. The molecule has 0 aliphatic rings. The lowest BCUT2D eigenvalue weighted by Crippen LogP contribution is -2.07. The number of thiazole rings is 1. The van der Waals surface area contributed by atoms with Gasteiger partial charge in [-0.3, -0.25) is 0 Å². The Kier molecular flexibility index (Phi) is 4.90. The highest BCUT2D eigenvalue weighted by molar-refractivity contribution is 7.09. The van der Waals surface area contributed by atoms with Crippen LogP contribution < -0.4 is 19.5 Å². The molecule has 1 aromatic heterocycles. The molecule has 0 radical (unpaired) electrons. The Labute approximate surface area is 128 Å². The second-order valence-corrected chi connectivity index (χ2v) is 5.63. The monoisotopic (exact) mass is 308 g/mol. The molecule has 2 aromatic rings. The molecule has 21 heavy (non-hydrogen) atoms. The molecule has 0 aliphatic heterocycles. The third kappa shape index (κ3) is 3.39. The van der Waals surface area contributed by atoms with Crippen molar-refractivity contribution in [3.63, 3.8) is 0 Å². The zero-order valence-electron chi connectivity index (χ0n) is 12.9. The molecular weight excluding hydrogens is 288 g/mol. The van der Waals surface area contributed by atoms with Crippen LogP contribution in [0, 0.1) is 6.92 Å². The van der Waals surface area contributed by atoms with Crippen LogP contribution in [0.2, 0.25) is 0 Å². The van der Waals surface area contributed by atoms with Crippen LogP contribution in [-0.2, 0) is 0 Å². The number of hydrogen-bond donors (Lipinski definition) is 1. The van der Waals surface area contributed by atoms with E-state index in [1.165, 1.54) is 0 Å². The number of aryl methyl sites for hydroxylation is 1. The summed E-state index contributed by atoms with van der Waals surface area (Å²) in [4.78, 5) is 4.49. The molecule has 0 aliphatic carbocycles. The molecule has 1 atom stereocenters. The van der Waals surface area contributed by atoms with Crippen molar-refractivity contribution in [2.75, 3.05) is 26.6 Å². The van der Waals surface area contributed by atoms with Crippen LogP contribution in [0.4, 0.5) is 5.69 Å². The first kappa shape index (κ1) is 15.4. The smallest absolute Gasteiger partial charge is 0.203 e. The molecule has 114 valence electrons. The van der Waals surface area contributed by atoms with Crippen LogP contribution in [0.25, 0.3) is 0 Å². The second kappa shape index (κ2) is 6.67. The van der Waals surface area contributed by atoms with Crippen molar-refractivity contribution in [3.05, 3.63) is 28.2 Å². The normalized spacial score (nSPS) is 11.9. The van der Waals surface area contributed by atoms with Crippen molar-refractivity contribution in [2.24, 2.45) is 0 Å². The summed E-state index contributed by atoms with van der Waals surface area (Å²) in [6, 6.07) is 3.87. The van der Waals surface area contributed by atoms with Gasteiger partial charge in [0, 0.05) is 23.2 Å². The first-order chi connectivity index (χ1) is 10.1. The van der Waals surface area contributed by atoms with E-state index in [0.717, 1.165) is 16.4 Å². The van der Waals surface area contributed by atoms with Crippen molar-refractivity contribution >= 4 is 17.0 Å². The van der Waals surface area contributed by atoms with Gasteiger partial charge >= 0.3 is 0 Å². The third-order valence-corrected chi connectivity index (χ3v) is 3.92. The Hall–Kier alpha value is -1.95.